The predicted octanol–water partition coefficient (Wildman–Crippen LogP) is 1.98. The molecule has 3 rings (SSSR count). The summed E-state index contributed by atoms with van der Waals surface area (Å²) in [6, 6.07) is 8.32. The Labute approximate surface area is 108 Å². The Kier molecular flexibility index (Phi) is 2.72. The molecule has 0 bridgehead atoms. The van der Waals surface area contributed by atoms with E-state index in [4.69, 9.17) is 5.73 Å². The number of rotatable bonds is 1. The van der Waals surface area contributed by atoms with Gasteiger partial charge >= 0.3 is 0 Å². The number of aromatic nitrogens is 3. The van der Waals surface area contributed by atoms with E-state index in [0.29, 0.717) is 0 Å². The van der Waals surface area contributed by atoms with Crippen LogP contribution in [0.3, 0.4) is 0 Å². The highest BCUT2D eigenvalue weighted by atomic mass is 79.9. The minimum absolute atomic E-state index is 0.212. The Morgan fingerprint density at radius 2 is 2.24 bits per heavy atom. The zero-order valence-electron chi connectivity index (χ0n) is 9.31. The van der Waals surface area contributed by atoms with E-state index in [9.17, 15) is 0 Å². The largest absolute Gasteiger partial charge is 0.326 e. The standard InChI is InChI=1S/C12H13BrN4/c13-9-3-1-2-8(6-9)12-16-15-11-5-4-10(14)7-17(11)12/h1-3,6,10H,4-5,7,14H2. The summed E-state index contributed by atoms with van der Waals surface area (Å²) in [7, 11) is 0. The number of hydrogen-bond donors (Lipinski definition) is 1. The van der Waals surface area contributed by atoms with Gasteiger partial charge in [0.1, 0.15) is 5.82 Å². The number of aryl methyl sites for hydroxylation is 1. The molecule has 0 spiro atoms. The fraction of sp³-hybridized carbons (Fsp3) is 0.333. The van der Waals surface area contributed by atoms with Gasteiger partial charge in [-0.25, -0.2) is 0 Å². The molecule has 88 valence electrons. The highest BCUT2D eigenvalue weighted by Crippen LogP contribution is 2.24. The van der Waals surface area contributed by atoms with E-state index in [1.54, 1.807) is 0 Å². The summed E-state index contributed by atoms with van der Waals surface area (Å²) in [6.45, 7) is 0.810. The molecular weight excluding hydrogens is 280 g/mol. The van der Waals surface area contributed by atoms with E-state index in [0.717, 1.165) is 41.1 Å². The topological polar surface area (TPSA) is 56.7 Å². The summed E-state index contributed by atoms with van der Waals surface area (Å²) in [5, 5.41) is 8.52. The van der Waals surface area contributed by atoms with Gasteiger partial charge in [0.05, 0.1) is 0 Å². The Hall–Kier alpha value is -1.20. The molecule has 1 aliphatic rings. The Morgan fingerprint density at radius 1 is 1.35 bits per heavy atom. The molecule has 2 aromatic rings. The van der Waals surface area contributed by atoms with Crippen molar-refractivity contribution in [1.29, 1.82) is 0 Å². The third-order valence-electron chi connectivity index (χ3n) is 3.07. The first-order valence-electron chi connectivity index (χ1n) is 5.67. The van der Waals surface area contributed by atoms with E-state index in [1.165, 1.54) is 0 Å². The molecule has 0 fully saturated rings. The fourth-order valence-electron chi connectivity index (χ4n) is 2.19. The minimum Gasteiger partial charge on any atom is -0.326 e. The summed E-state index contributed by atoms with van der Waals surface area (Å²) < 4.78 is 3.18. The molecule has 17 heavy (non-hydrogen) atoms. The molecule has 0 saturated heterocycles. The van der Waals surface area contributed by atoms with Gasteiger partial charge in [0.15, 0.2) is 5.82 Å². The van der Waals surface area contributed by atoms with Crippen LogP contribution < -0.4 is 5.73 Å². The maximum Gasteiger partial charge on any atom is 0.164 e. The van der Waals surface area contributed by atoms with Gasteiger partial charge in [-0.15, -0.1) is 10.2 Å². The molecular formula is C12H13BrN4. The van der Waals surface area contributed by atoms with Crippen molar-refractivity contribution in [2.75, 3.05) is 0 Å². The molecule has 4 nitrogen and oxygen atoms in total. The van der Waals surface area contributed by atoms with Gasteiger partial charge in [-0.1, -0.05) is 28.1 Å². The van der Waals surface area contributed by atoms with Gasteiger partial charge in [-0.2, -0.15) is 0 Å². The molecule has 1 aromatic carbocycles. The van der Waals surface area contributed by atoms with Gasteiger partial charge in [0.25, 0.3) is 0 Å². The molecule has 2 N–H and O–H groups in total. The second kappa shape index (κ2) is 4.23. The lowest BCUT2D eigenvalue weighted by molar-refractivity contribution is 0.456. The van der Waals surface area contributed by atoms with Crippen LogP contribution in [0, 0.1) is 0 Å². The summed E-state index contributed by atoms with van der Waals surface area (Å²) in [6.07, 6.45) is 1.92. The van der Waals surface area contributed by atoms with Crippen LogP contribution in [-0.4, -0.2) is 20.8 Å². The van der Waals surface area contributed by atoms with E-state index >= 15 is 0 Å². The number of fused-ring (bicyclic) bond motifs is 1. The van der Waals surface area contributed by atoms with Crippen LogP contribution in [0.2, 0.25) is 0 Å². The first-order valence-corrected chi connectivity index (χ1v) is 6.47. The second-order valence-corrected chi connectivity index (χ2v) is 5.28. The fourth-order valence-corrected chi connectivity index (χ4v) is 2.59. The number of benzene rings is 1. The molecule has 1 aliphatic heterocycles. The lowest BCUT2D eigenvalue weighted by Crippen LogP contribution is -2.32. The number of hydrogen-bond acceptors (Lipinski definition) is 3. The van der Waals surface area contributed by atoms with Gasteiger partial charge in [-0.05, 0) is 18.6 Å². The number of nitrogens with zero attached hydrogens (tertiary/aromatic N) is 3. The van der Waals surface area contributed by atoms with Crippen LogP contribution in [0.5, 0.6) is 0 Å². The molecule has 5 heteroatoms. The normalized spacial score (nSPS) is 19.1. The molecule has 2 heterocycles. The molecule has 0 radical (unpaired) electrons. The average molecular weight is 293 g/mol. The first-order chi connectivity index (χ1) is 8.24. The maximum absolute atomic E-state index is 6.00. The van der Waals surface area contributed by atoms with Gasteiger partial charge < -0.3 is 10.3 Å². The van der Waals surface area contributed by atoms with E-state index < -0.39 is 0 Å². The van der Waals surface area contributed by atoms with E-state index in [-0.39, 0.29) is 6.04 Å². The first kappa shape index (κ1) is 10.9. The van der Waals surface area contributed by atoms with Crippen molar-refractivity contribution in [1.82, 2.24) is 14.8 Å². The highest BCUT2D eigenvalue weighted by molar-refractivity contribution is 9.10. The molecule has 1 unspecified atom stereocenters. The summed E-state index contributed by atoms with van der Waals surface area (Å²) in [5.41, 5.74) is 7.08. The van der Waals surface area contributed by atoms with Crippen LogP contribution in [-0.2, 0) is 13.0 Å². The Balaban J connectivity index is 2.07. The van der Waals surface area contributed by atoms with Crippen molar-refractivity contribution in [3.05, 3.63) is 34.6 Å². The van der Waals surface area contributed by atoms with Crippen molar-refractivity contribution < 1.29 is 0 Å². The van der Waals surface area contributed by atoms with Crippen LogP contribution in [0.25, 0.3) is 11.4 Å². The zero-order chi connectivity index (χ0) is 11.8. The van der Waals surface area contributed by atoms with Crippen molar-refractivity contribution in [3.63, 3.8) is 0 Å². The predicted molar refractivity (Wildman–Crippen MR) is 69.5 cm³/mol. The number of nitrogens with two attached hydrogens (primary N) is 1. The highest BCUT2D eigenvalue weighted by Gasteiger charge is 2.21. The average Bonchev–Trinajstić information content (AvgIpc) is 2.71. The molecule has 1 aromatic heterocycles. The number of halogens is 1. The van der Waals surface area contributed by atoms with Crippen LogP contribution in [0.4, 0.5) is 0 Å². The lowest BCUT2D eigenvalue weighted by Gasteiger charge is -2.20. The van der Waals surface area contributed by atoms with Gasteiger partial charge in [0, 0.05) is 29.0 Å². The smallest absolute Gasteiger partial charge is 0.164 e. The minimum atomic E-state index is 0.212. The summed E-state index contributed by atoms with van der Waals surface area (Å²) in [5.74, 6) is 1.96. The lowest BCUT2D eigenvalue weighted by atomic mass is 10.1. The van der Waals surface area contributed by atoms with Crippen molar-refractivity contribution in [2.45, 2.75) is 25.4 Å². The second-order valence-electron chi connectivity index (χ2n) is 4.36. The van der Waals surface area contributed by atoms with Crippen molar-refractivity contribution >= 4 is 15.9 Å². The molecule has 0 saturated carbocycles. The zero-order valence-corrected chi connectivity index (χ0v) is 10.9. The van der Waals surface area contributed by atoms with E-state index in [1.807, 2.05) is 18.2 Å². The molecule has 0 amide bonds. The van der Waals surface area contributed by atoms with Crippen LogP contribution in [0.15, 0.2) is 28.7 Å². The quantitative estimate of drug-likeness (QED) is 0.874. The maximum atomic E-state index is 6.00. The molecule has 1 atom stereocenters. The molecule has 0 aliphatic carbocycles. The van der Waals surface area contributed by atoms with Gasteiger partial charge in [-0.3, -0.25) is 0 Å². The third-order valence-corrected chi connectivity index (χ3v) is 3.56. The van der Waals surface area contributed by atoms with Crippen molar-refractivity contribution in [2.24, 2.45) is 5.73 Å². The Bertz CT molecular complexity index is 549. The van der Waals surface area contributed by atoms with Crippen molar-refractivity contribution in [3.8, 4) is 11.4 Å². The third kappa shape index (κ3) is 2.00. The Morgan fingerprint density at radius 3 is 3.06 bits per heavy atom. The van der Waals surface area contributed by atoms with E-state index in [2.05, 4.69) is 36.8 Å². The van der Waals surface area contributed by atoms with Crippen LogP contribution in [0.1, 0.15) is 12.2 Å². The summed E-state index contributed by atoms with van der Waals surface area (Å²) in [4.78, 5) is 0. The monoisotopic (exact) mass is 292 g/mol. The van der Waals surface area contributed by atoms with Gasteiger partial charge in [0.2, 0.25) is 0 Å². The summed E-state index contributed by atoms with van der Waals surface area (Å²) >= 11 is 3.47. The van der Waals surface area contributed by atoms with Crippen LogP contribution >= 0.6 is 15.9 Å². The SMILES string of the molecule is NC1CCc2nnc(-c3cccc(Br)c3)n2C1.